The fraction of sp³-hybridized carbons (Fsp3) is 0.692. The minimum Gasteiger partial charge on any atom is -0.469 e. The van der Waals surface area contributed by atoms with Crippen molar-refractivity contribution in [2.75, 3.05) is 19.6 Å². The first-order valence-corrected chi connectivity index (χ1v) is 6.30. The van der Waals surface area contributed by atoms with Gasteiger partial charge in [-0.05, 0) is 38.6 Å². The fourth-order valence-corrected chi connectivity index (χ4v) is 2.69. The van der Waals surface area contributed by atoms with Crippen molar-refractivity contribution in [3.8, 4) is 0 Å². The third-order valence-electron chi connectivity index (χ3n) is 3.51. The zero-order valence-corrected chi connectivity index (χ0v) is 10.3. The zero-order valence-electron chi connectivity index (χ0n) is 10.3. The SMILES string of the molecule is CCN(C(C)Cc1ccco1)C1CCNC1. The molecule has 2 atom stereocenters. The van der Waals surface area contributed by atoms with Crippen molar-refractivity contribution in [2.24, 2.45) is 0 Å². The molecule has 0 radical (unpaired) electrons. The molecule has 1 fully saturated rings. The molecule has 0 spiro atoms. The summed E-state index contributed by atoms with van der Waals surface area (Å²) >= 11 is 0. The maximum Gasteiger partial charge on any atom is 0.105 e. The highest BCUT2D eigenvalue weighted by atomic mass is 16.3. The first-order chi connectivity index (χ1) is 7.81. The molecule has 1 aliphatic rings. The summed E-state index contributed by atoms with van der Waals surface area (Å²) in [5.41, 5.74) is 0. The molecule has 90 valence electrons. The molecule has 2 unspecified atom stereocenters. The standard InChI is InChI=1S/C13H22N2O/c1-3-15(12-6-7-14-10-12)11(2)9-13-5-4-8-16-13/h4-5,8,11-12,14H,3,6-7,9-10H2,1-2H3. The molecule has 0 amide bonds. The van der Waals surface area contributed by atoms with E-state index in [4.69, 9.17) is 4.42 Å². The number of likely N-dealkylation sites (N-methyl/N-ethyl adjacent to an activating group) is 1. The van der Waals surface area contributed by atoms with Crippen molar-refractivity contribution >= 4 is 0 Å². The molecule has 3 nitrogen and oxygen atoms in total. The molecule has 2 rings (SSSR count). The molecular formula is C13H22N2O. The van der Waals surface area contributed by atoms with Crippen LogP contribution in [0.15, 0.2) is 22.8 Å². The molecular weight excluding hydrogens is 200 g/mol. The van der Waals surface area contributed by atoms with E-state index in [2.05, 4.69) is 30.1 Å². The largest absolute Gasteiger partial charge is 0.469 e. The number of hydrogen-bond acceptors (Lipinski definition) is 3. The molecule has 1 aromatic heterocycles. The van der Waals surface area contributed by atoms with Gasteiger partial charge in [-0.2, -0.15) is 0 Å². The molecule has 1 saturated heterocycles. The quantitative estimate of drug-likeness (QED) is 0.824. The Kier molecular flexibility index (Phi) is 4.02. The Bertz CT molecular complexity index is 291. The van der Waals surface area contributed by atoms with Gasteiger partial charge in [-0.25, -0.2) is 0 Å². The Morgan fingerprint density at radius 3 is 3.06 bits per heavy atom. The van der Waals surface area contributed by atoms with Crippen LogP contribution in [0, 0.1) is 0 Å². The van der Waals surface area contributed by atoms with Gasteiger partial charge < -0.3 is 9.73 Å². The van der Waals surface area contributed by atoms with Gasteiger partial charge >= 0.3 is 0 Å². The van der Waals surface area contributed by atoms with Gasteiger partial charge in [0.05, 0.1) is 6.26 Å². The second-order valence-electron chi connectivity index (χ2n) is 4.61. The molecule has 0 bridgehead atoms. The molecule has 3 heteroatoms. The van der Waals surface area contributed by atoms with E-state index in [0.717, 1.165) is 31.8 Å². The first-order valence-electron chi connectivity index (χ1n) is 6.30. The van der Waals surface area contributed by atoms with E-state index in [0.29, 0.717) is 12.1 Å². The fourth-order valence-electron chi connectivity index (χ4n) is 2.69. The van der Waals surface area contributed by atoms with Crippen LogP contribution in [0.25, 0.3) is 0 Å². The van der Waals surface area contributed by atoms with Crippen LogP contribution in [0.4, 0.5) is 0 Å². The average Bonchev–Trinajstić information content (AvgIpc) is 2.91. The topological polar surface area (TPSA) is 28.4 Å². The Hall–Kier alpha value is -0.800. The van der Waals surface area contributed by atoms with Crippen molar-refractivity contribution in [2.45, 2.75) is 38.8 Å². The minimum atomic E-state index is 0.557. The lowest BCUT2D eigenvalue weighted by molar-refractivity contribution is 0.156. The predicted molar refractivity (Wildman–Crippen MR) is 65.5 cm³/mol. The molecule has 1 aromatic rings. The normalized spacial score (nSPS) is 22.8. The number of nitrogens with zero attached hydrogens (tertiary/aromatic N) is 1. The molecule has 16 heavy (non-hydrogen) atoms. The summed E-state index contributed by atoms with van der Waals surface area (Å²) in [4.78, 5) is 2.59. The van der Waals surface area contributed by atoms with Gasteiger partial charge in [0.15, 0.2) is 0 Å². The molecule has 0 aromatic carbocycles. The highest BCUT2D eigenvalue weighted by Gasteiger charge is 2.25. The van der Waals surface area contributed by atoms with Crippen molar-refractivity contribution in [3.05, 3.63) is 24.2 Å². The van der Waals surface area contributed by atoms with Crippen LogP contribution in [0.5, 0.6) is 0 Å². The van der Waals surface area contributed by atoms with Crippen molar-refractivity contribution in [1.82, 2.24) is 10.2 Å². The van der Waals surface area contributed by atoms with Crippen LogP contribution < -0.4 is 5.32 Å². The number of nitrogens with one attached hydrogen (secondary N) is 1. The summed E-state index contributed by atoms with van der Waals surface area (Å²) in [6, 6.07) is 5.29. The van der Waals surface area contributed by atoms with Gasteiger partial charge in [0.25, 0.3) is 0 Å². The summed E-state index contributed by atoms with van der Waals surface area (Å²) in [7, 11) is 0. The van der Waals surface area contributed by atoms with Crippen molar-refractivity contribution in [1.29, 1.82) is 0 Å². The molecule has 1 aliphatic heterocycles. The second-order valence-corrected chi connectivity index (χ2v) is 4.61. The van der Waals surface area contributed by atoms with Crippen molar-refractivity contribution in [3.63, 3.8) is 0 Å². The van der Waals surface area contributed by atoms with Gasteiger partial charge in [-0.1, -0.05) is 6.92 Å². The molecule has 0 saturated carbocycles. The highest BCUT2D eigenvalue weighted by molar-refractivity contribution is 5.00. The third-order valence-corrected chi connectivity index (χ3v) is 3.51. The number of furan rings is 1. The Balaban J connectivity index is 1.92. The van der Waals surface area contributed by atoms with Gasteiger partial charge in [-0.15, -0.1) is 0 Å². The van der Waals surface area contributed by atoms with Crippen LogP contribution in [0.1, 0.15) is 26.0 Å². The van der Waals surface area contributed by atoms with E-state index in [1.54, 1.807) is 6.26 Å². The lowest BCUT2D eigenvalue weighted by atomic mass is 10.1. The summed E-state index contributed by atoms with van der Waals surface area (Å²) in [6.45, 7) is 7.96. The average molecular weight is 222 g/mol. The summed E-state index contributed by atoms with van der Waals surface area (Å²) in [5.74, 6) is 1.09. The summed E-state index contributed by atoms with van der Waals surface area (Å²) in [6.07, 6.45) is 4.04. The van der Waals surface area contributed by atoms with E-state index >= 15 is 0 Å². The third kappa shape index (κ3) is 2.66. The van der Waals surface area contributed by atoms with E-state index < -0.39 is 0 Å². The van der Waals surface area contributed by atoms with Gasteiger partial charge in [0.1, 0.15) is 5.76 Å². The second kappa shape index (κ2) is 5.51. The lowest BCUT2D eigenvalue weighted by Crippen LogP contribution is -2.43. The molecule has 2 heterocycles. The highest BCUT2D eigenvalue weighted by Crippen LogP contribution is 2.15. The smallest absolute Gasteiger partial charge is 0.105 e. The maximum absolute atomic E-state index is 5.42. The predicted octanol–water partition coefficient (Wildman–Crippen LogP) is 1.89. The first kappa shape index (κ1) is 11.7. The van der Waals surface area contributed by atoms with Gasteiger partial charge in [0, 0.05) is 25.0 Å². The summed E-state index contributed by atoms with van der Waals surface area (Å²) < 4.78 is 5.42. The Labute approximate surface area is 97.8 Å². The van der Waals surface area contributed by atoms with E-state index in [1.807, 2.05) is 6.07 Å². The van der Waals surface area contributed by atoms with Gasteiger partial charge in [-0.3, -0.25) is 4.90 Å². The van der Waals surface area contributed by atoms with Crippen LogP contribution in [-0.2, 0) is 6.42 Å². The minimum absolute atomic E-state index is 0.557. The Morgan fingerprint density at radius 1 is 1.62 bits per heavy atom. The van der Waals surface area contributed by atoms with Crippen LogP contribution in [-0.4, -0.2) is 36.6 Å². The van der Waals surface area contributed by atoms with Crippen molar-refractivity contribution < 1.29 is 4.42 Å². The van der Waals surface area contributed by atoms with Crippen LogP contribution in [0.3, 0.4) is 0 Å². The van der Waals surface area contributed by atoms with E-state index in [1.165, 1.54) is 6.42 Å². The number of rotatable bonds is 5. The van der Waals surface area contributed by atoms with Crippen LogP contribution in [0.2, 0.25) is 0 Å². The van der Waals surface area contributed by atoms with Crippen LogP contribution >= 0.6 is 0 Å². The van der Waals surface area contributed by atoms with Gasteiger partial charge in [0.2, 0.25) is 0 Å². The van der Waals surface area contributed by atoms with E-state index in [9.17, 15) is 0 Å². The Morgan fingerprint density at radius 2 is 2.50 bits per heavy atom. The summed E-state index contributed by atoms with van der Waals surface area (Å²) in [5, 5.41) is 3.44. The molecule has 0 aliphatic carbocycles. The monoisotopic (exact) mass is 222 g/mol. The number of hydrogen-bond donors (Lipinski definition) is 1. The molecule has 1 N–H and O–H groups in total. The lowest BCUT2D eigenvalue weighted by Gasteiger charge is -2.32. The van der Waals surface area contributed by atoms with E-state index in [-0.39, 0.29) is 0 Å². The zero-order chi connectivity index (χ0) is 11.4. The maximum atomic E-state index is 5.42.